The fourth-order valence-corrected chi connectivity index (χ4v) is 6.86. The SMILES string of the molecule is CCc1ccc(C(=O)N2CCN(CCN(CCCc3ccccc3)CC3=CCC4CC3C4(C)C)CC2)cc1. The fraction of sp³-hybridized carbons (Fsp3) is 0.559. The Morgan fingerprint density at radius 2 is 1.68 bits per heavy atom. The van der Waals surface area contributed by atoms with Gasteiger partial charge in [-0.2, -0.15) is 0 Å². The quantitative estimate of drug-likeness (QED) is 0.348. The number of amides is 1. The second kappa shape index (κ2) is 12.2. The minimum Gasteiger partial charge on any atom is -0.336 e. The number of fused-ring (bicyclic) bond motifs is 1. The van der Waals surface area contributed by atoms with Gasteiger partial charge < -0.3 is 4.90 Å². The van der Waals surface area contributed by atoms with Gasteiger partial charge in [0.2, 0.25) is 0 Å². The molecule has 0 spiro atoms. The average Bonchev–Trinajstić information content (AvgIpc) is 2.96. The molecule has 1 saturated carbocycles. The fourth-order valence-electron chi connectivity index (χ4n) is 6.86. The third kappa shape index (κ3) is 6.24. The van der Waals surface area contributed by atoms with Crippen molar-refractivity contribution < 1.29 is 4.79 Å². The van der Waals surface area contributed by atoms with Gasteiger partial charge in [0, 0.05) is 51.4 Å². The Kier molecular flexibility index (Phi) is 8.70. The molecule has 1 saturated heterocycles. The second-order valence-electron chi connectivity index (χ2n) is 12.4. The van der Waals surface area contributed by atoms with E-state index in [-0.39, 0.29) is 5.91 Å². The first kappa shape index (κ1) is 27.1. The molecule has 1 heterocycles. The van der Waals surface area contributed by atoms with Crippen molar-refractivity contribution in [2.24, 2.45) is 17.3 Å². The number of rotatable bonds is 11. The monoisotopic (exact) mass is 513 g/mol. The predicted molar refractivity (Wildman–Crippen MR) is 157 cm³/mol. The molecule has 2 unspecified atom stereocenters. The zero-order valence-electron chi connectivity index (χ0n) is 23.9. The molecule has 38 heavy (non-hydrogen) atoms. The summed E-state index contributed by atoms with van der Waals surface area (Å²) in [6.07, 6.45) is 8.60. The van der Waals surface area contributed by atoms with Crippen LogP contribution in [0.15, 0.2) is 66.2 Å². The molecule has 0 aromatic heterocycles. The average molecular weight is 514 g/mol. The van der Waals surface area contributed by atoms with Gasteiger partial charge in [0.15, 0.2) is 0 Å². The van der Waals surface area contributed by atoms with Gasteiger partial charge in [-0.3, -0.25) is 14.6 Å². The maximum Gasteiger partial charge on any atom is 0.253 e. The summed E-state index contributed by atoms with van der Waals surface area (Å²) in [6, 6.07) is 19.1. The second-order valence-corrected chi connectivity index (χ2v) is 12.4. The maximum atomic E-state index is 13.0. The molecule has 4 heteroatoms. The molecule has 0 N–H and O–H groups in total. The topological polar surface area (TPSA) is 26.8 Å². The van der Waals surface area contributed by atoms with Crippen molar-refractivity contribution in [2.75, 3.05) is 52.4 Å². The van der Waals surface area contributed by atoms with Crippen LogP contribution in [0.25, 0.3) is 0 Å². The number of allylic oxidation sites excluding steroid dienone is 1. The molecule has 204 valence electrons. The zero-order chi connectivity index (χ0) is 26.5. The van der Waals surface area contributed by atoms with Crippen LogP contribution in [-0.2, 0) is 12.8 Å². The van der Waals surface area contributed by atoms with Crippen molar-refractivity contribution in [3.63, 3.8) is 0 Å². The molecule has 2 aromatic rings. The molecule has 4 aliphatic rings. The predicted octanol–water partition coefficient (Wildman–Crippen LogP) is 5.93. The van der Waals surface area contributed by atoms with Crippen molar-refractivity contribution >= 4 is 5.91 Å². The molecule has 1 amide bonds. The first-order valence-corrected chi connectivity index (χ1v) is 15.0. The van der Waals surface area contributed by atoms with Gasteiger partial charge >= 0.3 is 0 Å². The molecule has 2 atom stereocenters. The Morgan fingerprint density at radius 1 is 0.947 bits per heavy atom. The first-order valence-electron chi connectivity index (χ1n) is 15.0. The van der Waals surface area contributed by atoms with E-state index < -0.39 is 0 Å². The summed E-state index contributed by atoms with van der Waals surface area (Å²) < 4.78 is 0. The highest BCUT2D eigenvalue weighted by atomic mass is 16.2. The molecule has 3 aliphatic carbocycles. The molecule has 4 nitrogen and oxygen atoms in total. The van der Waals surface area contributed by atoms with Crippen molar-refractivity contribution in [1.29, 1.82) is 0 Å². The van der Waals surface area contributed by atoms with Gasteiger partial charge in [-0.1, -0.05) is 74.9 Å². The normalized spacial score (nSPS) is 22.7. The van der Waals surface area contributed by atoms with Crippen LogP contribution in [0.2, 0.25) is 0 Å². The number of nitrogens with zero attached hydrogens (tertiary/aromatic N) is 3. The molecule has 2 fully saturated rings. The zero-order valence-corrected chi connectivity index (χ0v) is 23.9. The van der Waals surface area contributed by atoms with Crippen LogP contribution >= 0.6 is 0 Å². The van der Waals surface area contributed by atoms with Crippen LogP contribution < -0.4 is 0 Å². The van der Waals surface area contributed by atoms with Gasteiger partial charge in [-0.15, -0.1) is 0 Å². The van der Waals surface area contributed by atoms with E-state index in [4.69, 9.17) is 0 Å². The number of aryl methyl sites for hydroxylation is 2. The lowest BCUT2D eigenvalue weighted by Gasteiger charge is -2.57. The van der Waals surface area contributed by atoms with Crippen LogP contribution in [0.5, 0.6) is 0 Å². The maximum absolute atomic E-state index is 13.0. The smallest absolute Gasteiger partial charge is 0.253 e. The summed E-state index contributed by atoms with van der Waals surface area (Å²) in [5, 5.41) is 0. The van der Waals surface area contributed by atoms with Crippen LogP contribution in [0.1, 0.15) is 61.5 Å². The highest BCUT2D eigenvalue weighted by molar-refractivity contribution is 5.94. The highest BCUT2D eigenvalue weighted by Crippen LogP contribution is 2.59. The van der Waals surface area contributed by atoms with Gasteiger partial charge in [0.05, 0.1) is 0 Å². The summed E-state index contributed by atoms with van der Waals surface area (Å²) in [6.45, 7) is 15.2. The van der Waals surface area contributed by atoms with Gasteiger partial charge in [-0.25, -0.2) is 0 Å². The standard InChI is InChI=1S/C34H47N3O/c1-4-27-12-14-29(15-13-27)33(38)37-23-21-35(22-24-37)19-20-36(18-8-11-28-9-6-5-7-10-28)26-30-16-17-31-25-32(30)34(31,2)3/h5-7,9-10,12-16,31-32H,4,8,11,17-26H2,1-3H3. The number of carbonyl (C=O) groups excluding carboxylic acids is 1. The summed E-state index contributed by atoms with van der Waals surface area (Å²) in [4.78, 5) is 20.3. The number of benzene rings is 2. The number of carbonyl (C=O) groups is 1. The summed E-state index contributed by atoms with van der Waals surface area (Å²) in [7, 11) is 0. The lowest BCUT2D eigenvalue weighted by Crippen LogP contribution is -2.51. The minimum absolute atomic E-state index is 0.181. The molecular weight excluding hydrogens is 466 g/mol. The Labute approximate surface area is 230 Å². The van der Waals surface area contributed by atoms with Crippen LogP contribution in [-0.4, -0.2) is 73.0 Å². The van der Waals surface area contributed by atoms with Crippen molar-refractivity contribution in [1.82, 2.24) is 14.7 Å². The Morgan fingerprint density at radius 3 is 2.34 bits per heavy atom. The Bertz CT molecular complexity index is 1080. The number of hydrogen-bond acceptors (Lipinski definition) is 3. The van der Waals surface area contributed by atoms with Crippen LogP contribution in [0.4, 0.5) is 0 Å². The number of piperazine rings is 1. The van der Waals surface area contributed by atoms with Crippen molar-refractivity contribution in [2.45, 2.75) is 52.9 Å². The van der Waals surface area contributed by atoms with Crippen LogP contribution in [0, 0.1) is 17.3 Å². The van der Waals surface area contributed by atoms with Gasteiger partial charge in [0.25, 0.3) is 5.91 Å². The molecule has 0 radical (unpaired) electrons. The minimum atomic E-state index is 0.181. The van der Waals surface area contributed by atoms with E-state index >= 15 is 0 Å². The van der Waals surface area contributed by atoms with E-state index in [0.717, 1.165) is 82.6 Å². The Hall–Kier alpha value is -2.43. The van der Waals surface area contributed by atoms with E-state index in [0.29, 0.717) is 5.41 Å². The van der Waals surface area contributed by atoms with Gasteiger partial charge in [0.1, 0.15) is 0 Å². The molecule has 2 aromatic carbocycles. The van der Waals surface area contributed by atoms with E-state index in [9.17, 15) is 4.79 Å². The van der Waals surface area contributed by atoms with Crippen molar-refractivity contribution in [3.8, 4) is 0 Å². The highest BCUT2D eigenvalue weighted by Gasteiger charge is 2.51. The molecule has 1 aliphatic heterocycles. The summed E-state index contributed by atoms with van der Waals surface area (Å²) >= 11 is 0. The van der Waals surface area contributed by atoms with E-state index in [2.05, 4.69) is 79.1 Å². The molecule has 2 bridgehead atoms. The third-order valence-corrected chi connectivity index (χ3v) is 9.77. The number of hydrogen-bond donors (Lipinski definition) is 0. The molecular formula is C34H47N3O. The third-order valence-electron chi connectivity index (χ3n) is 9.77. The summed E-state index contributed by atoms with van der Waals surface area (Å²) in [5.74, 6) is 1.85. The van der Waals surface area contributed by atoms with Gasteiger partial charge in [-0.05, 0) is 79.2 Å². The summed E-state index contributed by atoms with van der Waals surface area (Å²) in [5.41, 5.74) is 5.73. The van der Waals surface area contributed by atoms with Crippen LogP contribution in [0.3, 0.4) is 0 Å². The van der Waals surface area contributed by atoms with E-state index in [1.165, 1.54) is 30.4 Å². The lowest BCUT2D eigenvalue weighted by atomic mass is 9.49. The Balaban J connectivity index is 1.13. The van der Waals surface area contributed by atoms with Crippen molar-refractivity contribution in [3.05, 3.63) is 82.9 Å². The molecule has 6 rings (SSSR count). The first-order chi connectivity index (χ1) is 18.4. The largest absolute Gasteiger partial charge is 0.336 e. The lowest BCUT2D eigenvalue weighted by molar-refractivity contribution is -0.0110. The van der Waals surface area contributed by atoms with E-state index in [1.54, 1.807) is 5.57 Å². The van der Waals surface area contributed by atoms with E-state index in [1.807, 2.05) is 17.0 Å².